The Hall–Kier alpha value is -2.17. The van der Waals surface area contributed by atoms with Gasteiger partial charge in [-0.05, 0) is 6.07 Å². The summed E-state index contributed by atoms with van der Waals surface area (Å²) in [6.45, 7) is 1.94. The van der Waals surface area contributed by atoms with Crippen molar-refractivity contribution < 1.29 is 19.0 Å². The molecule has 1 aromatic rings. The Morgan fingerprint density at radius 2 is 1.68 bits per heavy atom. The summed E-state index contributed by atoms with van der Waals surface area (Å²) in [4.78, 5) is 10.8. The smallest absolute Gasteiger partial charge is 0.217 e. The van der Waals surface area contributed by atoms with E-state index in [1.807, 2.05) is 18.2 Å². The van der Waals surface area contributed by atoms with Crippen molar-refractivity contribution in [2.45, 2.75) is 6.92 Å². The lowest BCUT2D eigenvalue weighted by Gasteiger charge is -2.12. The molecular weight excluding hydrogens is 246 g/mol. The number of nitrogens with one attached hydrogen (secondary N) is 1. The van der Waals surface area contributed by atoms with Crippen LogP contribution < -0.4 is 19.5 Å². The van der Waals surface area contributed by atoms with E-state index in [4.69, 9.17) is 14.2 Å². The maximum atomic E-state index is 10.8. The van der Waals surface area contributed by atoms with E-state index in [-0.39, 0.29) is 5.91 Å². The highest BCUT2D eigenvalue weighted by Crippen LogP contribution is 2.35. The Morgan fingerprint density at radius 3 is 2.21 bits per heavy atom. The van der Waals surface area contributed by atoms with Crippen molar-refractivity contribution in [1.82, 2.24) is 5.32 Å². The van der Waals surface area contributed by atoms with Crippen LogP contribution >= 0.6 is 0 Å². The number of rotatable bonds is 6. The highest BCUT2D eigenvalue weighted by atomic mass is 16.5. The minimum absolute atomic E-state index is 0.0658. The molecule has 104 valence electrons. The number of benzene rings is 1. The van der Waals surface area contributed by atoms with E-state index in [9.17, 15) is 4.79 Å². The van der Waals surface area contributed by atoms with Gasteiger partial charge in [-0.1, -0.05) is 12.2 Å². The molecule has 1 N–H and O–H groups in total. The molecule has 0 aromatic heterocycles. The normalized spacial score (nSPS) is 10.3. The average molecular weight is 265 g/mol. The fourth-order valence-electron chi connectivity index (χ4n) is 1.57. The van der Waals surface area contributed by atoms with E-state index in [1.165, 1.54) is 6.92 Å². The summed E-state index contributed by atoms with van der Waals surface area (Å²) in [5, 5.41) is 2.68. The Morgan fingerprint density at radius 1 is 1.11 bits per heavy atom. The molecule has 0 aliphatic carbocycles. The lowest BCUT2D eigenvalue weighted by atomic mass is 10.1. The van der Waals surface area contributed by atoms with Crippen LogP contribution in [0.4, 0.5) is 0 Å². The van der Waals surface area contributed by atoms with E-state index in [0.29, 0.717) is 23.8 Å². The first kappa shape index (κ1) is 14.9. The molecule has 0 aliphatic heterocycles. The molecule has 1 rings (SSSR count). The highest BCUT2D eigenvalue weighted by molar-refractivity contribution is 5.73. The maximum Gasteiger partial charge on any atom is 0.217 e. The SMILES string of the molecule is COc1cc(OC)c(OC)cc1C=CCNC(C)=O. The lowest BCUT2D eigenvalue weighted by molar-refractivity contribution is -0.118. The Bertz CT molecular complexity index is 469. The van der Waals surface area contributed by atoms with Crippen LogP contribution in [0.3, 0.4) is 0 Å². The third-order valence-corrected chi connectivity index (χ3v) is 2.50. The second-order valence-corrected chi connectivity index (χ2v) is 3.79. The molecule has 5 heteroatoms. The summed E-state index contributed by atoms with van der Waals surface area (Å²) in [5.41, 5.74) is 0.852. The van der Waals surface area contributed by atoms with Gasteiger partial charge in [-0.15, -0.1) is 0 Å². The van der Waals surface area contributed by atoms with Gasteiger partial charge >= 0.3 is 0 Å². The van der Waals surface area contributed by atoms with Crippen LogP contribution in [0.15, 0.2) is 18.2 Å². The van der Waals surface area contributed by atoms with Gasteiger partial charge in [0.25, 0.3) is 0 Å². The number of ether oxygens (including phenoxy) is 3. The zero-order valence-corrected chi connectivity index (χ0v) is 11.6. The van der Waals surface area contributed by atoms with Gasteiger partial charge in [0.05, 0.1) is 21.3 Å². The molecule has 0 atom stereocenters. The average Bonchev–Trinajstić information content (AvgIpc) is 2.42. The molecule has 0 spiro atoms. The quantitative estimate of drug-likeness (QED) is 0.853. The van der Waals surface area contributed by atoms with Crippen molar-refractivity contribution in [3.63, 3.8) is 0 Å². The monoisotopic (exact) mass is 265 g/mol. The molecule has 0 heterocycles. The Balaban J connectivity index is 2.95. The van der Waals surface area contributed by atoms with Gasteiger partial charge in [0.2, 0.25) is 5.91 Å². The Kier molecular flexibility index (Phi) is 5.73. The van der Waals surface area contributed by atoms with Crippen LogP contribution in [0.25, 0.3) is 6.08 Å². The lowest BCUT2D eigenvalue weighted by Crippen LogP contribution is -2.19. The van der Waals surface area contributed by atoms with Crippen molar-refractivity contribution in [3.8, 4) is 17.2 Å². The third-order valence-electron chi connectivity index (χ3n) is 2.50. The Labute approximate surface area is 113 Å². The molecule has 0 saturated heterocycles. The number of carbonyl (C=O) groups is 1. The standard InChI is InChI=1S/C14H19NO4/c1-10(16)15-7-5-6-11-8-13(18-3)14(19-4)9-12(11)17-2/h5-6,8-9H,7H2,1-4H3,(H,15,16). The first-order valence-electron chi connectivity index (χ1n) is 5.83. The van der Waals surface area contributed by atoms with Gasteiger partial charge in [-0.25, -0.2) is 0 Å². The summed E-state index contributed by atoms with van der Waals surface area (Å²) >= 11 is 0. The number of carbonyl (C=O) groups excluding carboxylic acids is 1. The number of hydrogen-bond donors (Lipinski definition) is 1. The largest absolute Gasteiger partial charge is 0.496 e. The number of amides is 1. The molecule has 0 unspecified atom stereocenters. The summed E-state index contributed by atoms with van der Waals surface area (Å²) in [7, 11) is 4.74. The van der Waals surface area contributed by atoms with Gasteiger partial charge in [0.1, 0.15) is 5.75 Å². The minimum Gasteiger partial charge on any atom is -0.496 e. The zero-order chi connectivity index (χ0) is 14.3. The van der Waals surface area contributed by atoms with Gasteiger partial charge in [-0.2, -0.15) is 0 Å². The van der Waals surface area contributed by atoms with Gasteiger partial charge in [0, 0.05) is 25.1 Å². The molecular formula is C14H19NO4. The predicted octanol–water partition coefficient (Wildman–Crippen LogP) is 1.86. The molecule has 1 aromatic carbocycles. The molecule has 0 saturated carbocycles. The van der Waals surface area contributed by atoms with Crippen LogP contribution in [-0.4, -0.2) is 33.8 Å². The van der Waals surface area contributed by atoms with Crippen LogP contribution in [0.5, 0.6) is 17.2 Å². The highest BCUT2D eigenvalue weighted by Gasteiger charge is 2.09. The van der Waals surface area contributed by atoms with Gasteiger partial charge < -0.3 is 19.5 Å². The summed E-state index contributed by atoms with van der Waals surface area (Å²) in [5.74, 6) is 1.85. The van der Waals surface area contributed by atoms with Crippen molar-refractivity contribution in [3.05, 3.63) is 23.8 Å². The van der Waals surface area contributed by atoms with E-state index in [1.54, 1.807) is 27.4 Å². The second kappa shape index (κ2) is 7.31. The molecule has 1 amide bonds. The molecule has 0 fully saturated rings. The van der Waals surface area contributed by atoms with Crippen molar-refractivity contribution >= 4 is 12.0 Å². The topological polar surface area (TPSA) is 56.8 Å². The maximum absolute atomic E-state index is 10.8. The van der Waals surface area contributed by atoms with Crippen LogP contribution in [0.2, 0.25) is 0 Å². The minimum atomic E-state index is -0.0658. The van der Waals surface area contributed by atoms with E-state index < -0.39 is 0 Å². The molecule has 0 radical (unpaired) electrons. The van der Waals surface area contributed by atoms with E-state index in [0.717, 1.165) is 5.56 Å². The fraction of sp³-hybridized carbons (Fsp3) is 0.357. The van der Waals surface area contributed by atoms with Crippen molar-refractivity contribution in [2.75, 3.05) is 27.9 Å². The van der Waals surface area contributed by atoms with Crippen LogP contribution in [-0.2, 0) is 4.79 Å². The van der Waals surface area contributed by atoms with Crippen LogP contribution in [0.1, 0.15) is 12.5 Å². The van der Waals surface area contributed by atoms with Gasteiger partial charge in [-0.3, -0.25) is 4.79 Å². The van der Waals surface area contributed by atoms with E-state index in [2.05, 4.69) is 5.32 Å². The summed E-state index contributed by atoms with van der Waals surface area (Å²) < 4.78 is 15.7. The molecule has 5 nitrogen and oxygen atoms in total. The fourth-order valence-corrected chi connectivity index (χ4v) is 1.57. The summed E-state index contributed by atoms with van der Waals surface area (Å²) in [6, 6.07) is 3.58. The van der Waals surface area contributed by atoms with Crippen molar-refractivity contribution in [2.24, 2.45) is 0 Å². The van der Waals surface area contributed by atoms with Crippen LogP contribution in [0, 0.1) is 0 Å². The zero-order valence-electron chi connectivity index (χ0n) is 11.6. The van der Waals surface area contributed by atoms with E-state index >= 15 is 0 Å². The second-order valence-electron chi connectivity index (χ2n) is 3.79. The van der Waals surface area contributed by atoms with Crippen molar-refractivity contribution in [1.29, 1.82) is 0 Å². The number of hydrogen-bond acceptors (Lipinski definition) is 4. The molecule has 19 heavy (non-hydrogen) atoms. The summed E-state index contributed by atoms with van der Waals surface area (Å²) in [6.07, 6.45) is 3.70. The number of methoxy groups -OCH3 is 3. The molecule has 0 aliphatic rings. The molecule has 0 bridgehead atoms. The predicted molar refractivity (Wildman–Crippen MR) is 73.8 cm³/mol. The first-order chi connectivity index (χ1) is 9.12. The first-order valence-corrected chi connectivity index (χ1v) is 5.83. The third kappa shape index (κ3) is 4.21. The van der Waals surface area contributed by atoms with Gasteiger partial charge in [0.15, 0.2) is 11.5 Å².